The molecular formula is C23H24ClN3O4S. The Balaban J connectivity index is 1.77. The quantitative estimate of drug-likeness (QED) is 0.505. The normalized spacial score (nSPS) is 12.4. The van der Waals surface area contributed by atoms with Crippen molar-refractivity contribution in [3.8, 4) is 5.75 Å². The highest BCUT2D eigenvalue weighted by atomic mass is 35.5. The molecule has 1 atom stereocenters. The summed E-state index contributed by atoms with van der Waals surface area (Å²) < 4.78 is 30.7. The van der Waals surface area contributed by atoms with Crippen LogP contribution in [0.15, 0.2) is 65.7 Å². The zero-order valence-corrected chi connectivity index (χ0v) is 19.4. The van der Waals surface area contributed by atoms with Gasteiger partial charge in [0.1, 0.15) is 6.10 Å². The molecular weight excluding hydrogens is 450 g/mol. The van der Waals surface area contributed by atoms with Crippen LogP contribution in [-0.2, 0) is 9.84 Å². The summed E-state index contributed by atoms with van der Waals surface area (Å²) in [5.74, 6) is 0.171. The van der Waals surface area contributed by atoms with Crippen LogP contribution in [0.3, 0.4) is 0 Å². The average molecular weight is 474 g/mol. The molecule has 3 aromatic rings. The van der Waals surface area contributed by atoms with Gasteiger partial charge in [-0.3, -0.25) is 4.79 Å². The summed E-state index contributed by atoms with van der Waals surface area (Å²) in [7, 11) is -3.48. The van der Waals surface area contributed by atoms with Gasteiger partial charge < -0.3 is 15.8 Å². The number of benzene rings is 2. The van der Waals surface area contributed by atoms with Crippen molar-refractivity contribution in [2.24, 2.45) is 0 Å². The van der Waals surface area contributed by atoms with Crippen LogP contribution in [-0.4, -0.2) is 24.6 Å². The number of hydrogen-bond donors (Lipinski definition) is 2. The summed E-state index contributed by atoms with van der Waals surface area (Å²) in [6.07, 6.45) is 1.04. The Morgan fingerprint density at radius 1 is 1.09 bits per heavy atom. The van der Waals surface area contributed by atoms with E-state index in [1.54, 1.807) is 50.2 Å². The van der Waals surface area contributed by atoms with Gasteiger partial charge in [-0.2, -0.15) is 0 Å². The predicted molar refractivity (Wildman–Crippen MR) is 126 cm³/mol. The molecule has 7 nitrogen and oxygen atoms in total. The summed E-state index contributed by atoms with van der Waals surface area (Å²) in [6.45, 7) is 5.04. The van der Waals surface area contributed by atoms with Gasteiger partial charge in [0.05, 0.1) is 15.2 Å². The Bertz CT molecular complexity index is 1250. The van der Waals surface area contributed by atoms with Crippen LogP contribution in [0.25, 0.3) is 0 Å². The Labute approximate surface area is 192 Å². The van der Waals surface area contributed by atoms with Gasteiger partial charge >= 0.3 is 0 Å². The van der Waals surface area contributed by atoms with Crippen molar-refractivity contribution in [1.82, 2.24) is 4.98 Å². The Hall–Kier alpha value is -3.10. The number of hydrogen-bond acceptors (Lipinski definition) is 6. The molecule has 0 saturated carbocycles. The molecule has 0 fully saturated rings. The number of halogens is 1. The molecule has 168 valence electrons. The van der Waals surface area contributed by atoms with Gasteiger partial charge in [0, 0.05) is 23.5 Å². The highest BCUT2D eigenvalue weighted by Gasteiger charge is 2.20. The van der Waals surface area contributed by atoms with Crippen molar-refractivity contribution in [3.63, 3.8) is 0 Å². The van der Waals surface area contributed by atoms with Crippen molar-refractivity contribution in [2.45, 2.75) is 37.0 Å². The van der Waals surface area contributed by atoms with Gasteiger partial charge in [-0.25, -0.2) is 13.4 Å². The van der Waals surface area contributed by atoms with Gasteiger partial charge in [0.25, 0.3) is 5.91 Å². The number of carbonyl (C=O) groups is 1. The number of nitrogens with zero attached hydrogens (tertiary/aromatic N) is 1. The number of rotatable bonds is 7. The minimum atomic E-state index is -3.48. The molecule has 0 spiro atoms. The van der Waals surface area contributed by atoms with E-state index in [4.69, 9.17) is 22.1 Å². The van der Waals surface area contributed by atoms with E-state index in [9.17, 15) is 13.2 Å². The smallest absolute Gasteiger partial charge is 0.255 e. The van der Waals surface area contributed by atoms with E-state index in [2.05, 4.69) is 10.3 Å². The zero-order valence-electron chi connectivity index (χ0n) is 17.9. The first-order valence-electron chi connectivity index (χ1n) is 9.91. The maximum Gasteiger partial charge on any atom is 0.255 e. The number of aromatic nitrogens is 1. The summed E-state index contributed by atoms with van der Waals surface area (Å²) in [5.41, 5.74) is 7.42. The van der Waals surface area contributed by atoms with Crippen molar-refractivity contribution in [1.29, 1.82) is 0 Å². The number of pyridine rings is 1. The largest absolute Gasteiger partial charge is 0.482 e. The fourth-order valence-corrected chi connectivity index (χ4v) is 4.19. The van der Waals surface area contributed by atoms with E-state index < -0.39 is 27.1 Å². The summed E-state index contributed by atoms with van der Waals surface area (Å²) in [5, 5.41) is 2.62. The van der Waals surface area contributed by atoms with Crippen molar-refractivity contribution in [2.75, 3.05) is 11.1 Å². The van der Waals surface area contributed by atoms with Gasteiger partial charge in [-0.15, -0.1) is 0 Å². The number of nitrogens with two attached hydrogens (primary N) is 1. The fraction of sp³-hybridized carbons (Fsp3) is 0.217. The summed E-state index contributed by atoms with van der Waals surface area (Å²) in [6, 6.07) is 14.7. The number of ether oxygens (including phenoxy) is 1. The van der Waals surface area contributed by atoms with E-state index >= 15 is 0 Å². The van der Waals surface area contributed by atoms with Crippen LogP contribution < -0.4 is 15.8 Å². The molecule has 32 heavy (non-hydrogen) atoms. The van der Waals surface area contributed by atoms with Crippen molar-refractivity contribution in [3.05, 3.63) is 76.9 Å². The third-order valence-corrected chi connectivity index (χ3v) is 7.17. The molecule has 1 amide bonds. The molecule has 0 aliphatic rings. The van der Waals surface area contributed by atoms with Gasteiger partial charge in [0.2, 0.25) is 0 Å². The zero-order chi connectivity index (χ0) is 23.5. The lowest BCUT2D eigenvalue weighted by atomic mass is 10.1. The van der Waals surface area contributed by atoms with Crippen LogP contribution in [0.2, 0.25) is 5.02 Å². The fourth-order valence-electron chi connectivity index (χ4n) is 2.94. The molecule has 0 unspecified atom stereocenters. The topological polar surface area (TPSA) is 111 Å². The second-order valence-electron chi connectivity index (χ2n) is 7.50. The van der Waals surface area contributed by atoms with Crippen LogP contribution in [0.1, 0.15) is 42.8 Å². The lowest BCUT2D eigenvalue weighted by Crippen LogP contribution is -2.16. The first-order chi connectivity index (χ1) is 15.1. The van der Waals surface area contributed by atoms with Gasteiger partial charge in [-0.1, -0.05) is 29.8 Å². The molecule has 0 aliphatic carbocycles. The van der Waals surface area contributed by atoms with Crippen molar-refractivity contribution >= 4 is 38.9 Å². The molecule has 3 N–H and O–H groups in total. The molecule has 2 aromatic carbocycles. The molecule has 1 heterocycles. The number of nitrogen functional groups attached to an aromatic ring is 1. The maximum atomic E-state index is 12.7. The molecule has 0 radical (unpaired) electrons. The van der Waals surface area contributed by atoms with E-state index in [1.165, 1.54) is 18.3 Å². The minimum Gasteiger partial charge on any atom is -0.482 e. The summed E-state index contributed by atoms with van der Waals surface area (Å²) in [4.78, 5) is 16.8. The Morgan fingerprint density at radius 3 is 2.53 bits per heavy atom. The standard InChI is InChI=1S/C23H24ClN3O4S/c1-14(2)32(29,30)20-9-5-7-17(11-20)23(28)27-19-8-4-6-16(10-19)15(3)31-21-12-18(24)13-26-22(21)25/h4-15H,1-3H3,(H2,25,26)(H,27,28)/t15-/m1/s1. The third-order valence-electron chi connectivity index (χ3n) is 4.81. The van der Waals surface area contributed by atoms with E-state index in [-0.39, 0.29) is 16.3 Å². The molecule has 0 bridgehead atoms. The number of amides is 1. The molecule has 0 saturated heterocycles. The van der Waals surface area contributed by atoms with Gasteiger partial charge in [-0.05, 0) is 56.7 Å². The first-order valence-corrected chi connectivity index (χ1v) is 11.8. The van der Waals surface area contributed by atoms with Crippen LogP contribution in [0, 0.1) is 0 Å². The monoisotopic (exact) mass is 473 g/mol. The lowest BCUT2D eigenvalue weighted by Gasteiger charge is -2.17. The molecule has 9 heteroatoms. The highest BCUT2D eigenvalue weighted by molar-refractivity contribution is 7.92. The van der Waals surface area contributed by atoms with E-state index in [1.807, 2.05) is 13.0 Å². The second kappa shape index (κ2) is 9.58. The Kier molecular flexibility index (Phi) is 7.06. The van der Waals surface area contributed by atoms with Crippen LogP contribution in [0.5, 0.6) is 5.75 Å². The first kappa shape index (κ1) is 23.6. The SMILES string of the molecule is CC(C)S(=O)(=O)c1cccc(C(=O)Nc2cccc([C@@H](C)Oc3cc(Cl)cnc3N)c2)c1. The van der Waals surface area contributed by atoms with Gasteiger partial charge in [0.15, 0.2) is 21.4 Å². The van der Waals surface area contributed by atoms with Crippen LogP contribution >= 0.6 is 11.6 Å². The minimum absolute atomic E-state index is 0.114. The number of nitrogens with one attached hydrogen (secondary N) is 1. The maximum absolute atomic E-state index is 12.7. The number of sulfone groups is 1. The molecule has 3 rings (SSSR count). The van der Waals surface area contributed by atoms with Crippen molar-refractivity contribution < 1.29 is 17.9 Å². The molecule has 1 aromatic heterocycles. The summed E-state index contributed by atoms with van der Waals surface area (Å²) >= 11 is 5.96. The van der Waals surface area contributed by atoms with Crippen LogP contribution in [0.4, 0.5) is 11.5 Å². The van der Waals surface area contributed by atoms with E-state index in [0.29, 0.717) is 16.5 Å². The third kappa shape index (κ3) is 5.38. The average Bonchev–Trinajstić information content (AvgIpc) is 2.76. The molecule has 0 aliphatic heterocycles. The lowest BCUT2D eigenvalue weighted by molar-refractivity contribution is 0.102. The Morgan fingerprint density at radius 2 is 1.81 bits per heavy atom. The predicted octanol–water partition coefficient (Wildman–Crippen LogP) is 4.89. The number of carbonyl (C=O) groups excluding carboxylic acids is 1. The second-order valence-corrected chi connectivity index (χ2v) is 10.4. The number of anilines is 2. The van der Waals surface area contributed by atoms with E-state index in [0.717, 1.165) is 5.56 Å². The highest BCUT2D eigenvalue weighted by Crippen LogP contribution is 2.29.